The molecule has 0 aromatic heterocycles. The highest BCUT2D eigenvalue weighted by Gasteiger charge is 2.52. The van der Waals surface area contributed by atoms with Gasteiger partial charge in [-0.15, -0.1) is 11.8 Å². The van der Waals surface area contributed by atoms with E-state index in [2.05, 4.69) is 0 Å². The standard InChI is InChI=1S/C20H24BFO3S/c1-19(2)20(3,4)25-21(24-19)16-11-15(12-17(26-5)18(16)22)23-13-14-9-7-6-8-10-14/h6-12H,13H2,1-5H3. The molecule has 0 atom stereocenters. The second-order valence-electron chi connectivity index (χ2n) is 7.39. The lowest BCUT2D eigenvalue weighted by Crippen LogP contribution is -2.41. The van der Waals surface area contributed by atoms with Gasteiger partial charge in [0.2, 0.25) is 0 Å². The molecule has 3 nitrogen and oxygen atoms in total. The van der Waals surface area contributed by atoms with Crippen LogP contribution in [0.15, 0.2) is 47.4 Å². The van der Waals surface area contributed by atoms with Crippen molar-refractivity contribution in [3.8, 4) is 5.75 Å². The van der Waals surface area contributed by atoms with Crippen molar-refractivity contribution in [3.63, 3.8) is 0 Å². The molecule has 26 heavy (non-hydrogen) atoms. The molecule has 0 saturated carbocycles. The van der Waals surface area contributed by atoms with E-state index in [4.69, 9.17) is 14.0 Å². The Morgan fingerprint density at radius 1 is 1.04 bits per heavy atom. The summed E-state index contributed by atoms with van der Waals surface area (Å²) < 4.78 is 32.9. The average Bonchev–Trinajstić information content (AvgIpc) is 2.82. The Morgan fingerprint density at radius 2 is 1.65 bits per heavy atom. The first-order valence-electron chi connectivity index (χ1n) is 8.63. The number of thioether (sulfide) groups is 1. The van der Waals surface area contributed by atoms with E-state index in [1.807, 2.05) is 64.3 Å². The molecule has 138 valence electrons. The Labute approximate surface area is 159 Å². The summed E-state index contributed by atoms with van der Waals surface area (Å²) in [7, 11) is -0.758. The Kier molecular flexibility index (Phi) is 5.38. The van der Waals surface area contributed by atoms with Gasteiger partial charge in [0.1, 0.15) is 18.2 Å². The third kappa shape index (κ3) is 3.78. The van der Waals surface area contributed by atoms with Crippen molar-refractivity contribution >= 4 is 24.3 Å². The fraction of sp³-hybridized carbons (Fsp3) is 0.400. The largest absolute Gasteiger partial charge is 0.498 e. The fourth-order valence-electron chi connectivity index (χ4n) is 2.71. The molecular weight excluding hydrogens is 350 g/mol. The molecule has 0 amide bonds. The summed E-state index contributed by atoms with van der Waals surface area (Å²) in [5.74, 6) is 0.285. The summed E-state index contributed by atoms with van der Waals surface area (Å²) in [6.45, 7) is 8.24. The first-order valence-corrected chi connectivity index (χ1v) is 9.86. The SMILES string of the molecule is CSc1cc(OCc2ccccc2)cc(B2OC(C)(C)C(C)(C)O2)c1F. The van der Waals surface area contributed by atoms with Gasteiger partial charge in [-0.05, 0) is 51.6 Å². The number of halogens is 1. The molecule has 0 unspecified atom stereocenters. The highest BCUT2D eigenvalue weighted by molar-refractivity contribution is 7.98. The summed E-state index contributed by atoms with van der Waals surface area (Å²) in [6, 6.07) is 13.3. The van der Waals surface area contributed by atoms with Gasteiger partial charge in [0.15, 0.2) is 0 Å². The van der Waals surface area contributed by atoms with Crippen molar-refractivity contribution < 1.29 is 18.4 Å². The molecule has 0 radical (unpaired) electrons. The third-order valence-corrected chi connectivity index (χ3v) is 5.75. The predicted octanol–water partition coefficient (Wildman–Crippen LogP) is 4.43. The molecule has 1 aliphatic heterocycles. The quantitative estimate of drug-likeness (QED) is 0.572. The highest BCUT2D eigenvalue weighted by atomic mass is 32.2. The summed E-state index contributed by atoms with van der Waals surface area (Å²) in [5.41, 5.74) is 0.382. The summed E-state index contributed by atoms with van der Waals surface area (Å²) >= 11 is 1.34. The second kappa shape index (κ2) is 7.26. The summed E-state index contributed by atoms with van der Waals surface area (Å²) in [4.78, 5) is 0.514. The highest BCUT2D eigenvalue weighted by Crippen LogP contribution is 2.37. The van der Waals surface area contributed by atoms with Gasteiger partial charge in [0.25, 0.3) is 0 Å². The minimum absolute atomic E-state index is 0.317. The van der Waals surface area contributed by atoms with Gasteiger partial charge in [-0.2, -0.15) is 0 Å². The van der Waals surface area contributed by atoms with E-state index in [-0.39, 0.29) is 5.82 Å². The van der Waals surface area contributed by atoms with Crippen LogP contribution >= 0.6 is 11.8 Å². The molecule has 0 bridgehead atoms. The van der Waals surface area contributed by atoms with Gasteiger partial charge in [-0.3, -0.25) is 0 Å². The van der Waals surface area contributed by atoms with Crippen LogP contribution in [0.1, 0.15) is 33.3 Å². The number of hydrogen-bond donors (Lipinski definition) is 0. The molecule has 0 aliphatic carbocycles. The molecule has 2 aromatic rings. The minimum Gasteiger partial charge on any atom is -0.489 e. The summed E-state index contributed by atoms with van der Waals surface area (Å²) in [5, 5.41) is 0. The van der Waals surface area contributed by atoms with Crippen molar-refractivity contribution in [2.24, 2.45) is 0 Å². The van der Waals surface area contributed by atoms with Crippen molar-refractivity contribution in [3.05, 3.63) is 53.8 Å². The molecule has 1 aliphatic rings. The van der Waals surface area contributed by atoms with Crippen LogP contribution in [0.5, 0.6) is 5.75 Å². The second-order valence-corrected chi connectivity index (χ2v) is 8.24. The number of hydrogen-bond acceptors (Lipinski definition) is 4. The zero-order valence-electron chi connectivity index (χ0n) is 15.8. The van der Waals surface area contributed by atoms with Crippen LogP contribution in [0.3, 0.4) is 0 Å². The van der Waals surface area contributed by atoms with Gasteiger partial charge in [-0.1, -0.05) is 30.3 Å². The molecule has 1 heterocycles. The fourth-order valence-corrected chi connectivity index (χ4v) is 3.24. The van der Waals surface area contributed by atoms with Crippen molar-refractivity contribution in [1.82, 2.24) is 0 Å². The van der Waals surface area contributed by atoms with E-state index in [1.54, 1.807) is 12.1 Å². The van der Waals surface area contributed by atoms with Crippen LogP contribution in [0.4, 0.5) is 4.39 Å². The normalized spacial score (nSPS) is 18.2. The third-order valence-electron chi connectivity index (χ3n) is 5.02. The topological polar surface area (TPSA) is 27.7 Å². The van der Waals surface area contributed by atoms with E-state index in [0.29, 0.717) is 22.7 Å². The van der Waals surface area contributed by atoms with Crippen molar-refractivity contribution in [2.45, 2.75) is 50.4 Å². The molecule has 3 rings (SSSR count). The van der Waals surface area contributed by atoms with E-state index in [1.165, 1.54) is 11.8 Å². The average molecular weight is 374 g/mol. The molecule has 0 spiro atoms. The smallest absolute Gasteiger partial charge is 0.489 e. The van der Waals surface area contributed by atoms with E-state index in [0.717, 1.165) is 5.56 Å². The van der Waals surface area contributed by atoms with Crippen LogP contribution in [0.25, 0.3) is 0 Å². The number of benzene rings is 2. The minimum atomic E-state index is -0.758. The Hall–Kier alpha value is -1.50. The van der Waals surface area contributed by atoms with Crippen LogP contribution in [-0.2, 0) is 15.9 Å². The van der Waals surface area contributed by atoms with Crippen LogP contribution in [0, 0.1) is 5.82 Å². The maximum absolute atomic E-state index is 14.9. The van der Waals surface area contributed by atoms with Crippen molar-refractivity contribution in [1.29, 1.82) is 0 Å². The van der Waals surface area contributed by atoms with E-state index < -0.39 is 18.3 Å². The van der Waals surface area contributed by atoms with Gasteiger partial charge < -0.3 is 14.0 Å². The molecule has 2 aromatic carbocycles. The van der Waals surface area contributed by atoms with Crippen LogP contribution < -0.4 is 10.2 Å². The number of rotatable bonds is 5. The lowest BCUT2D eigenvalue weighted by Gasteiger charge is -2.32. The zero-order valence-corrected chi connectivity index (χ0v) is 16.7. The van der Waals surface area contributed by atoms with E-state index in [9.17, 15) is 4.39 Å². The molecular formula is C20H24BFO3S. The first-order chi connectivity index (χ1) is 12.2. The number of ether oxygens (including phenoxy) is 1. The zero-order chi connectivity index (χ0) is 18.9. The maximum atomic E-state index is 14.9. The molecule has 0 N–H and O–H groups in total. The van der Waals surface area contributed by atoms with Gasteiger partial charge >= 0.3 is 7.12 Å². The van der Waals surface area contributed by atoms with E-state index >= 15 is 0 Å². The lowest BCUT2D eigenvalue weighted by molar-refractivity contribution is 0.00578. The molecule has 1 saturated heterocycles. The summed E-state index contributed by atoms with van der Waals surface area (Å²) in [6.07, 6.45) is 1.84. The molecule has 1 fully saturated rings. The van der Waals surface area contributed by atoms with Crippen molar-refractivity contribution in [2.75, 3.05) is 6.26 Å². The monoisotopic (exact) mass is 374 g/mol. The van der Waals surface area contributed by atoms with Gasteiger partial charge in [0, 0.05) is 10.4 Å². The lowest BCUT2D eigenvalue weighted by atomic mass is 9.78. The van der Waals surface area contributed by atoms with Gasteiger partial charge in [0.05, 0.1) is 11.2 Å². The predicted molar refractivity (Wildman–Crippen MR) is 105 cm³/mol. The van der Waals surface area contributed by atoms with Crippen LogP contribution in [0.2, 0.25) is 0 Å². The van der Waals surface area contributed by atoms with Gasteiger partial charge in [-0.25, -0.2) is 4.39 Å². The molecule has 6 heteroatoms. The first kappa shape index (κ1) is 19.3. The Morgan fingerprint density at radius 3 is 2.23 bits per heavy atom. The maximum Gasteiger partial charge on any atom is 0.498 e. The Bertz CT molecular complexity index is 764. The Balaban J connectivity index is 1.88. The van der Waals surface area contributed by atoms with Crippen LogP contribution in [-0.4, -0.2) is 24.6 Å².